The van der Waals surface area contributed by atoms with Crippen molar-refractivity contribution in [2.24, 2.45) is 10.9 Å². The average molecular weight is 392 g/mol. The molecule has 1 fully saturated rings. The van der Waals surface area contributed by atoms with Crippen molar-refractivity contribution < 1.29 is 9.59 Å². The number of para-hydroxylation sites is 1. The van der Waals surface area contributed by atoms with E-state index >= 15 is 0 Å². The molecule has 1 aliphatic rings. The van der Waals surface area contributed by atoms with Gasteiger partial charge in [0.2, 0.25) is 5.91 Å². The number of nitrogens with zero attached hydrogens (tertiary/aromatic N) is 3. The molecule has 1 aromatic heterocycles. The summed E-state index contributed by atoms with van der Waals surface area (Å²) in [6.07, 6.45) is 2.15. The van der Waals surface area contributed by atoms with Crippen molar-refractivity contribution >= 4 is 45.1 Å². The van der Waals surface area contributed by atoms with Gasteiger partial charge in [0.1, 0.15) is 0 Å². The lowest BCUT2D eigenvalue weighted by atomic mass is 9.99. The second-order valence-corrected chi connectivity index (χ2v) is 8.65. The highest BCUT2D eigenvalue weighted by molar-refractivity contribution is 8.00. The summed E-state index contributed by atoms with van der Waals surface area (Å²) < 4.78 is 3.19. The second-order valence-electron chi connectivity index (χ2n) is 6.66. The van der Waals surface area contributed by atoms with E-state index in [1.165, 1.54) is 23.1 Å². The monoisotopic (exact) mass is 391 g/mol. The average Bonchev–Trinajstić information content (AvgIpc) is 2.99. The van der Waals surface area contributed by atoms with E-state index in [9.17, 15) is 9.59 Å². The molecule has 0 unspecified atom stereocenters. The van der Waals surface area contributed by atoms with E-state index in [4.69, 9.17) is 0 Å². The first kappa shape index (κ1) is 19.2. The maximum atomic E-state index is 12.2. The van der Waals surface area contributed by atoms with Crippen LogP contribution in [0.15, 0.2) is 29.3 Å². The molecule has 1 aromatic carbocycles. The number of rotatable bonds is 5. The van der Waals surface area contributed by atoms with Crippen molar-refractivity contribution in [2.45, 2.75) is 33.2 Å². The van der Waals surface area contributed by atoms with Crippen LogP contribution in [0.1, 0.15) is 26.7 Å². The van der Waals surface area contributed by atoms with Crippen molar-refractivity contribution in [3.63, 3.8) is 0 Å². The van der Waals surface area contributed by atoms with Gasteiger partial charge in [-0.1, -0.05) is 30.4 Å². The predicted molar refractivity (Wildman–Crippen MR) is 108 cm³/mol. The van der Waals surface area contributed by atoms with Crippen LogP contribution in [0, 0.1) is 5.92 Å². The fraction of sp³-hybridized carbons (Fsp3) is 0.526. The van der Waals surface area contributed by atoms with Crippen molar-refractivity contribution in [3.8, 4) is 0 Å². The number of amides is 2. The van der Waals surface area contributed by atoms with Crippen LogP contribution in [0.3, 0.4) is 0 Å². The summed E-state index contributed by atoms with van der Waals surface area (Å²) >= 11 is 2.89. The van der Waals surface area contributed by atoms with Crippen LogP contribution >= 0.6 is 23.1 Å². The molecule has 0 aliphatic carbocycles. The van der Waals surface area contributed by atoms with E-state index < -0.39 is 0 Å². The number of benzene rings is 1. The Hall–Kier alpha value is -1.60. The predicted octanol–water partition coefficient (Wildman–Crippen LogP) is 3.14. The summed E-state index contributed by atoms with van der Waals surface area (Å²) in [5, 5.41) is 0. The first-order chi connectivity index (χ1) is 12.6. The molecule has 0 atom stereocenters. The first-order valence-corrected chi connectivity index (χ1v) is 11.1. The normalized spacial score (nSPS) is 16.4. The number of aromatic nitrogens is 1. The molecule has 0 radical (unpaired) electrons. The van der Waals surface area contributed by atoms with E-state index in [1.54, 1.807) is 0 Å². The topological polar surface area (TPSA) is 54.7 Å². The quantitative estimate of drug-likeness (QED) is 0.787. The summed E-state index contributed by atoms with van der Waals surface area (Å²) in [4.78, 5) is 31.4. The molecule has 0 bridgehead atoms. The Morgan fingerprint density at radius 3 is 2.69 bits per heavy atom. The third kappa shape index (κ3) is 4.57. The highest BCUT2D eigenvalue weighted by atomic mass is 32.2. The summed E-state index contributed by atoms with van der Waals surface area (Å²) in [6, 6.07) is 8.08. The van der Waals surface area contributed by atoms with E-state index in [0.717, 1.165) is 47.5 Å². The van der Waals surface area contributed by atoms with Gasteiger partial charge < -0.3 is 9.47 Å². The smallest absolute Gasteiger partial charge is 0.258 e. The number of thioether (sulfide) groups is 1. The van der Waals surface area contributed by atoms with Crippen molar-refractivity contribution in [2.75, 3.05) is 24.6 Å². The minimum atomic E-state index is -0.177. The number of piperidine rings is 1. The van der Waals surface area contributed by atoms with Crippen LogP contribution in [-0.4, -0.2) is 45.9 Å². The van der Waals surface area contributed by atoms with E-state index in [1.807, 2.05) is 29.2 Å². The molecule has 0 N–H and O–H groups in total. The molecule has 1 aliphatic heterocycles. The Morgan fingerprint density at radius 1 is 1.23 bits per heavy atom. The van der Waals surface area contributed by atoms with Gasteiger partial charge in [-0.3, -0.25) is 9.59 Å². The van der Waals surface area contributed by atoms with Gasteiger partial charge in [0.15, 0.2) is 4.80 Å². The zero-order chi connectivity index (χ0) is 18.5. The second kappa shape index (κ2) is 8.86. The third-order valence-electron chi connectivity index (χ3n) is 4.71. The molecule has 2 amide bonds. The Bertz CT molecular complexity index is 848. The Balaban J connectivity index is 1.57. The fourth-order valence-electron chi connectivity index (χ4n) is 3.13. The number of aryl methyl sites for hydroxylation is 1. The Labute approximate surface area is 162 Å². The minimum absolute atomic E-state index is 0.139. The van der Waals surface area contributed by atoms with Crippen molar-refractivity contribution in [1.82, 2.24) is 9.47 Å². The molecule has 1 saturated heterocycles. The lowest BCUT2D eigenvalue weighted by molar-refractivity contribution is -0.129. The summed E-state index contributed by atoms with van der Waals surface area (Å²) in [7, 11) is 0. The first-order valence-electron chi connectivity index (χ1n) is 9.10. The molecule has 140 valence electrons. The van der Waals surface area contributed by atoms with Crippen LogP contribution in [0.2, 0.25) is 0 Å². The SMILES string of the molecule is CCn1c(=NC(=O)CSCC(=O)N2CCC(C)CC2)sc2ccccc21. The van der Waals surface area contributed by atoms with Crippen LogP contribution in [0.5, 0.6) is 0 Å². The Morgan fingerprint density at radius 2 is 1.96 bits per heavy atom. The fourth-order valence-corrected chi connectivity index (χ4v) is 4.94. The third-order valence-corrected chi connectivity index (χ3v) is 6.67. The molecule has 7 heteroatoms. The summed E-state index contributed by atoms with van der Waals surface area (Å²) in [5.74, 6) is 1.27. The molecule has 2 heterocycles. The van der Waals surface area contributed by atoms with E-state index in [-0.39, 0.29) is 17.6 Å². The molecular formula is C19H25N3O2S2. The molecule has 26 heavy (non-hydrogen) atoms. The van der Waals surface area contributed by atoms with E-state index in [0.29, 0.717) is 11.7 Å². The minimum Gasteiger partial charge on any atom is -0.342 e. The van der Waals surface area contributed by atoms with Crippen LogP contribution in [-0.2, 0) is 16.1 Å². The zero-order valence-corrected chi connectivity index (χ0v) is 16.9. The molecule has 0 saturated carbocycles. The standard InChI is InChI=1S/C19H25N3O2S2/c1-3-22-15-6-4-5-7-16(15)26-19(22)20-17(23)12-25-13-18(24)21-10-8-14(2)9-11-21/h4-7,14H,3,8-13H2,1-2H3. The lowest BCUT2D eigenvalue weighted by Crippen LogP contribution is -2.39. The van der Waals surface area contributed by atoms with Crippen LogP contribution in [0.4, 0.5) is 0 Å². The maximum absolute atomic E-state index is 12.2. The number of thiazole rings is 1. The van der Waals surface area contributed by atoms with Gasteiger partial charge in [-0.2, -0.15) is 4.99 Å². The number of hydrogen-bond acceptors (Lipinski definition) is 4. The molecule has 2 aromatic rings. The largest absolute Gasteiger partial charge is 0.342 e. The van der Waals surface area contributed by atoms with Crippen molar-refractivity contribution in [1.29, 1.82) is 0 Å². The molecule has 0 spiro atoms. The summed E-state index contributed by atoms with van der Waals surface area (Å²) in [5.41, 5.74) is 1.11. The van der Waals surface area contributed by atoms with Gasteiger partial charge in [0.05, 0.1) is 21.7 Å². The maximum Gasteiger partial charge on any atom is 0.258 e. The molecule has 5 nitrogen and oxygen atoms in total. The van der Waals surface area contributed by atoms with E-state index in [2.05, 4.69) is 23.4 Å². The van der Waals surface area contributed by atoms with Gasteiger partial charge in [0.25, 0.3) is 5.91 Å². The zero-order valence-electron chi connectivity index (χ0n) is 15.3. The lowest BCUT2D eigenvalue weighted by Gasteiger charge is -2.30. The Kier molecular flexibility index (Phi) is 6.53. The van der Waals surface area contributed by atoms with Gasteiger partial charge in [0, 0.05) is 19.6 Å². The van der Waals surface area contributed by atoms with Gasteiger partial charge in [-0.25, -0.2) is 0 Å². The molecular weight excluding hydrogens is 366 g/mol. The van der Waals surface area contributed by atoms with Gasteiger partial charge in [-0.05, 0) is 37.8 Å². The number of hydrogen-bond donors (Lipinski definition) is 0. The number of carbonyl (C=O) groups is 2. The van der Waals surface area contributed by atoms with Crippen molar-refractivity contribution in [3.05, 3.63) is 29.1 Å². The van der Waals surface area contributed by atoms with Gasteiger partial charge in [-0.15, -0.1) is 11.8 Å². The summed E-state index contributed by atoms with van der Waals surface area (Å²) in [6.45, 7) is 6.74. The highest BCUT2D eigenvalue weighted by Crippen LogP contribution is 2.18. The van der Waals surface area contributed by atoms with Gasteiger partial charge >= 0.3 is 0 Å². The number of likely N-dealkylation sites (tertiary alicyclic amines) is 1. The van der Waals surface area contributed by atoms with Crippen LogP contribution in [0.25, 0.3) is 10.2 Å². The number of fused-ring (bicyclic) bond motifs is 1. The molecule has 3 rings (SSSR count). The number of carbonyl (C=O) groups excluding carboxylic acids is 2. The highest BCUT2D eigenvalue weighted by Gasteiger charge is 2.20. The van der Waals surface area contributed by atoms with Crippen LogP contribution < -0.4 is 4.80 Å².